The van der Waals surface area contributed by atoms with Crippen molar-refractivity contribution in [3.63, 3.8) is 0 Å². The number of thioether (sulfide) groups is 1. The fourth-order valence-electron chi connectivity index (χ4n) is 2.25. The molecule has 0 saturated carbocycles. The quantitative estimate of drug-likeness (QED) is 0.889. The van der Waals surface area contributed by atoms with Crippen molar-refractivity contribution in [3.8, 4) is 0 Å². The molecule has 1 fully saturated rings. The second-order valence-electron chi connectivity index (χ2n) is 4.69. The lowest BCUT2D eigenvalue weighted by molar-refractivity contribution is 0.583. The fraction of sp³-hybridized carbons (Fsp3) is 0.583. The highest BCUT2D eigenvalue weighted by Gasteiger charge is 2.33. The fourth-order valence-corrected chi connectivity index (χ4v) is 5.07. The summed E-state index contributed by atoms with van der Waals surface area (Å²) in [7, 11) is -3.14. The highest BCUT2D eigenvalue weighted by Crippen LogP contribution is 2.28. The number of hydrogen-bond donors (Lipinski definition) is 1. The van der Waals surface area contributed by atoms with E-state index < -0.39 is 15.2 Å². The smallest absolute Gasteiger partial charge is 0.169 e. The van der Waals surface area contributed by atoms with Crippen LogP contribution in [0.25, 0.3) is 0 Å². The summed E-state index contributed by atoms with van der Waals surface area (Å²) in [5, 5.41) is -0.508. The Kier molecular flexibility index (Phi) is 4.37. The number of rotatable bonds is 3. The number of sulfone groups is 1. The van der Waals surface area contributed by atoms with Gasteiger partial charge in [-0.1, -0.05) is 0 Å². The summed E-state index contributed by atoms with van der Waals surface area (Å²) in [6.07, 6.45) is 3.00. The van der Waals surface area contributed by atoms with Crippen molar-refractivity contribution in [2.45, 2.75) is 18.8 Å². The summed E-state index contributed by atoms with van der Waals surface area (Å²) in [5.41, 5.74) is 7.78. The number of nitrogens with two attached hydrogens (primary N) is 1. The van der Waals surface area contributed by atoms with E-state index >= 15 is 0 Å². The summed E-state index contributed by atoms with van der Waals surface area (Å²) in [6, 6.07) is 1.90. The van der Waals surface area contributed by atoms with E-state index in [1.807, 2.05) is 17.9 Å². The Bertz CT molecular complexity index is 560. The molecule has 1 aromatic rings. The van der Waals surface area contributed by atoms with Crippen molar-refractivity contribution in [1.29, 1.82) is 0 Å². The lowest BCUT2D eigenvalue weighted by Gasteiger charge is -2.36. The molecule has 0 bridgehead atoms. The number of hydrogen-bond acceptors (Lipinski definition) is 6. The lowest BCUT2D eigenvalue weighted by atomic mass is 10.1. The third-order valence-corrected chi connectivity index (χ3v) is 5.97. The van der Waals surface area contributed by atoms with Gasteiger partial charge in [-0.05, 0) is 18.6 Å². The molecule has 19 heavy (non-hydrogen) atoms. The van der Waals surface area contributed by atoms with Gasteiger partial charge in [-0.25, -0.2) is 13.4 Å². The van der Waals surface area contributed by atoms with E-state index in [4.69, 9.17) is 5.73 Å². The molecule has 1 aromatic heterocycles. The molecule has 0 aliphatic carbocycles. The maximum Gasteiger partial charge on any atom is 0.169 e. The van der Waals surface area contributed by atoms with Gasteiger partial charge in [0.15, 0.2) is 9.84 Å². The first kappa shape index (κ1) is 14.6. The zero-order valence-electron chi connectivity index (χ0n) is 11.2. The van der Waals surface area contributed by atoms with Crippen LogP contribution in [0.5, 0.6) is 0 Å². The van der Waals surface area contributed by atoms with Crippen LogP contribution in [-0.4, -0.2) is 43.1 Å². The molecule has 1 aliphatic rings. The molecule has 7 heteroatoms. The largest absolute Gasteiger partial charge is 0.338 e. The molecule has 1 unspecified atom stereocenters. The second-order valence-corrected chi connectivity index (χ2v) is 8.04. The monoisotopic (exact) mass is 301 g/mol. The van der Waals surface area contributed by atoms with Gasteiger partial charge < -0.3 is 10.6 Å². The van der Waals surface area contributed by atoms with Crippen LogP contribution >= 0.6 is 11.8 Å². The third kappa shape index (κ3) is 3.04. The molecule has 2 heterocycles. The summed E-state index contributed by atoms with van der Waals surface area (Å²) in [4.78, 5) is 6.26. The van der Waals surface area contributed by atoms with Gasteiger partial charge in [-0.2, -0.15) is 11.8 Å². The van der Waals surface area contributed by atoms with E-state index in [1.54, 1.807) is 18.0 Å². The molecule has 0 aromatic carbocycles. The Balaban J connectivity index is 2.46. The highest BCUT2D eigenvalue weighted by atomic mass is 32.2. The van der Waals surface area contributed by atoms with Crippen LogP contribution < -0.4 is 10.6 Å². The van der Waals surface area contributed by atoms with Gasteiger partial charge in [0.25, 0.3) is 0 Å². The van der Waals surface area contributed by atoms with Gasteiger partial charge in [0.1, 0.15) is 11.2 Å². The van der Waals surface area contributed by atoms with Crippen molar-refractivity contribution in [1.82, 2.24) is 4.98 Å². The minimum absolute atomic E-state index is 0.370. The molecule has 1 atom stereocenters. The number of nitrogens with zero attached hydrogens (tertiary/aromatic N) is 2. The Morgan fingerprint density at radius 1 is 1.58 bits per heavy atom. The van der Waals surface area contributed by atoms with Crippen molar-refractivity contribution >= 4 is 27.4 Å². The van der Waals surface area contributed by atoms with Gasteiger partial charge in [-0.3, -0.25) is 0 Å². The van der Waals surface area contributed by atoms with E-state index in [9.17, 15) is 8.42 Å². The Morgan fingerprint density at radius 3 is 2.95 bits per heavy atom. The molecule has 1 aliphatic heterocycles. The summed E-state index contributed by atoms with van der Waals surface area (Å²) >= 11 is 1.67. The van der Waals surface area contributed by atoms with Crippen LogP contribution in [0.1, 0.15) is 11.1 Å². The first-order chi connectivity index (χ1) is 8.95. The predicted molar refractivity (Wildman–Crippen MR) is 80.2 cm³/mol. The van der Waals surface area contributed by atoms with Gasteiger partial charge in [0.05, 0.1) is 0 Å². The van der Waals surface area contributed by atoms with Gasteiger partial charge >= 0.3 is 0 Å². The van der Waals surface area contributed by atoms with E-state index in [0.29, 0.717) is 18.8 Å². The van der Waals surface area contributed by atoms with Crippen molar-refractivity contribution in [3.05, 3.63) is 23.4 Å². The number of aryl methyl sites for hydroxylation is 1. The van der Waals surface area contributed by atoms with Gasteiger partial charge in [0.2, 0.25) is 0 Å². The molecule has 2 rings (SSSR count). The minimum Gasteiger partial charge on any atom is -0.338 e. The first-order valence-corrected chi connectivity index (χ1v) is 9.24. The predicted octanol–water partition coefficient (Wildman–Crippen LogP) is 0.773. The summed E-state index contributed by atoms with van der Waals surface area (Å²) in [6.45, 7) is 3.03. The normalized spacial score (nSPS) is 20.6. The van der Waals surface area contributed by atoms with E-state index in [0.717, 1.165) is 22.7 Å². The van der Waals surface area contributed by atoms with E-state index in [2.05, 4.69) is 4.98 Å². The van der Waals surface area contributed by atoms with Crippen molar-refractivity contribution in [2.75, 3.05) is 29.2 Å². The van der Waals surface area contributed by atoms with Crippen molar-refractivity contribution in [2.24, 2.45) is 5.73 Å². The van der Waals surface area contributed by atoms with Crippen LogP contribution in [0.2, 0.25) is 0 Å². The molecule has 106 valence electrons. The Morgan fingerprint density at radius 2 is 2.32 bits per heavy atom. The molecule has 5 nitrogen and oxygen atoms in total. The maximum absolute atomic E-state index is 11.9. The topological polar surface area (TPSA) is 76.3 Å². The molecule has 0 radical (unpaired) electrons. The third-order valence-electron chi connectivity index (χ3n) is 3.32. The average molecular weight is 301 g/mol. The van der Waals surface area contributed by atoms with Gasteiger partial charge in [0, 0.05) is 42.6 Å². The Labute approximate surface area is 118 Å². The average Bonchev–Trinajstić information content (AvgIpc) is 2.37. The SMILES string of the molecule is Cc1ccnc(N2CCSCC2S(C)(=O)=O)c1CN. The van der Waals surface area contributed by atoms with Crippen molar-refractivity contribution < 1.29 is 8.42 Å². The van der Waals surface area contributed by atoms with E-state index in [1.165, 1.54) is 6.26 Å². The molecule has 1 saturated heterocycles. The van der Waals surface area contributed by atoms with Crippen LogP contribution in [0.15, 0.2) is 12.3 Å². The maximum atomic E-state index is 11.9. The lowest BCUT2D eigenvalue weighted by Crippen LogP contribution is -2.48. The molecular formula is C12H19N3O2S2. The minimum atomic E-state index is -3.14. The highest BCUT2D eigenvalue weighted by molar-refractivity contribution is 8.01. The number of aromatic nitrogens is 1. The van der Waals surface area contributed by atoms with Crippen LogP contribution in [-0.2, 0) is 16.4 Å². The molecular weight excluding hydrogens is 282 g/mol. The number of anilines is 1. The first-order valence-electron chi connectivity index (χ1n) is 6.13. The molecule has 2 N–H and O–H groups in total. The van der Waals surface area contributed by atoms with Crippen LogP contribution in [0, 0.1) is 6.92 Å². The molecule has 0 spiro atoms. The summed E-state index contributed by atoms with van der Waals surface area (Å²) < 4.78 is 23.9. The van der Waals surface area contributed by atoms with E-state index in [-0.39, 0.29) is 0 Å². The summed E-state index contributed by atoms with van der Waals surface area (Å²) in [5.74, 6) is 2.21. The second kappa shape index (κ2) is 5.68. The zero-order valence-corrected chi connectivity index (χ0v) is 12.8. The Hall–Kier alpha value is -0.790. The molecule has 0 amide bonds. The van der Waals surface area contributed by atoms with Crippen LogP contribution in [0.3, 0.4) is 0 Å². The number of pyridine rings is 1. The van der Waals surface area contributed by atoms with Gasteiger partial charge in [-0.15, -0.1) is 0 Å². The standard InChI is InChI=1S/C12H19N3O2S2/c1-9-3-4-14-12(10(9)7-13)15-5-6-18-8-11(15)19(2,16)17/h3-4,11H,5-8,13H2,1-2H3. The van der Waals surface area contributed by atoms with Crippen LogP contribution in [0.4, 0.5) is 5.82 Å². The zero-order chi connectivity index (χ0) is 14.0.